The van der Waals surface area contributed by atoms with Gasteiger partial charge >= 0.3 is 5.97 Å². The fraction of sp³-hybridized carbons (Fsp3) is 0.929. The molecule has 0 aliphatic carbocycles. The number of ether oxygens (including phenoxy) is 1. The Labute approximate surface area is 111 Å². The van der Waals surface area contributed by atoms with Crippen LogP contribution in [-0.2, 0) is 9.53 Å². The zero-order valence-corrected chi connectivity index (χ0v) is 12.0. The maximum Gasteiger partial charge on any atom is 0.304 e. The summed E-state index contributed by atoms with van der Waals surface area (Å²) in [6.45, 7) is 5.58. The summed E-state index contributed by atoms with van der Waals surface area (Å²) in [7, 11) is 1.70. The number of carboxylic acids is 1. The molecule has 4 nitrogen and oxygen atoms in total. The van der Waals surface area contributed by atoms with Crippen LogP contribution in [0, 0.1) is 0 Å². The standard InChI is InChI=1S/C14H29NO3/c1-3-4-5-6-7-10-15(11-8-13-18-2)12-9-14(16)17/h3-13H2,1-2H3,(H,16,17). The molecule has 0 amide bonds. The van der Waals surface area contributed by atoms with Crippen molar-refractivity contribution in [1.82, 2.24) is 4.90 Å². The van der Waals surface area contributed by atoms with Gasteiger partial charge in [-0.2, -0.15) is 0 Å². The van der Waals surface area contributed by atoms with Gasteiger partial charge in [-0.1, -0.05) is 32.6 Å². The molecule has 0 heterocycles. The maximum atomic E-state index is 10.6. The van der Waals surface area contributed by atoms with Crippen molar-refractivity contribution in [2.75, 3.05) is 33.4 Å². The average Bonchev–Trinajstić information content (AvgIpc) is 2.35. The van der Waals surface area contributed by atoms with E-state index in [9.17, 15) is 4.79 Å². The van der Waals surface area contributed by atoms with Crippen molar-refractivity contribution >= 4 is 5.97 Å². The second kappa shape index (κ2) is 12.8. The van der Waals surface area contributed by atoms with E-state index in [1.807, 2.05) is 0 Å². The molecule has 0 aromatic heterocycles. The molecule has 0 atom stereocenters. The number of carboxylic acid groups (broad SMARTS) is 1. The van der Waals surface area contributed by atoms with E-state index in [1.54, 1.807) is 7.11 Å². The van der Waals surface area contributed by atoms with Crippen LogP contribution in [0.5, 0.6) is 0 Å². The number of hydrogen-bond donors (Lipinski definition) is 1. The summed E-state index contributed by atoms with van der Waals surface area (Å²) in [4.78, 5) is 12.8. The summed E-state index contributed by atoms with van der Waals surface area (Å²) in [5.41, 5.74) is 0. The van der Waals surface area contributed by atoms with Gasteiger partial charge in [-0.3, -0.25) is 4.79 Å². The number of methoxy groups -OCH3 is 1. The fourth-order valence-electron chi connectivity index (χ4n) is 1.96. The molecule has 0 saturated heterocycles. The van der Waals surface area contributed by atoms with Crippen LogP contribution < -0.4 is 0 Å². The molecule has 0 radical (unpaired) electrons. The molecule has 0 spiro atoms. The highest BCUT2D eigenvalue weighted by atomic mass is 16.5. The van der Waals surface area contributed by atoms with Crippen molar-refractivity contribution in [3.05, 3.63) is 0 Å². The zero-order valence-electron chi connectivity index (χ0n) is 12.0. The van der Waals surface area contributed by atoms with E-state index < -0.39 is 5.97 Å². The topological polar surface area (TPSA) is 49.8 Å². The summed E-state index contributed by atoms with van der Waals surface area (Å²) in [5.74, 6) is -0.710. The Kier molecular flexibility index (Phi) is 12.4. The highest BCUT2D eigenvalue weighted by Crippen LogP contribution is 2.05. The Morgan fingerprint density at radius 1 is 1.06 bits per heavy atom. The Morgan fingerprint density at radius 2 is 1.72 bits per heavy atom. The number of unbranched alkanes of at least 4 members (excludes halogenated alkanes) is 4. The number of rotatable bonds is 13. The van der Waals surface area contributed by atoms with Crippen LogP contribution in [0.15, 0.2) is 0 Å². The summed E-state index contributed by atoms with van der Waals surface area (Å²) < 4.78 is 5.03. The van der Waals surface area contributed by atoms with Gasteiger partial charge in [0.15, 0.2) is 0 Å². The third kappa shape index (κ3) is 11.9. The maximum absolute atomic E-state index is 10.6. The van der Waals surface area contributed by atoms with Crippen molar-refractivity contribution in [2.24, 2.45) is 0 Å². The first-order valence-corrected chi connectivity index (χ1v) is 7.13. The van der Waals surface area contributed by atoms with Gasteiger partial charge in [0, 0.05) is 26.8 Å². The largest absolute Gasteiger partial charge is 0.481 e. The molecule has 1 N–H and O–H groups in total. The zero-order chi connectivity index (χ0) is 13.6. The van der Waals surface area contributed by atoms with Crippen LogP contribution in [0.1, 0.15) is 51.9 Å². The first-order chi connectivity index (χ1) is 8.70. The van der Waals surface area contributed by atoms with Crippen LogP contribution in [0.4, 0.5) is 0 Å². The van der Waals surface area contributed by atoms with E-state index >= 15 is 0 Å². The molecule has 0 aliphatic heterocycles. The highest BCUT2D eigenvalue weighted by molar-refractivity contribution is 5.66. The van der Waals surface area contributed by atoms with E-state index in [2.05, 4.69) is 11.8 Å². The third-order valence-electron chi connectivity index (χ3n) is 3.04. The van der Waals surface area contributed by atoms with Gasteiger partial charge < -0.3 is 14.7 Å². The minimum absolute atomic E-state index is 0.238. The quantitative estimate of drug-likeness (QED) is 0.517. The predicted octanol–water partition coefficient (Wildman–Crippen LogP) is 2.77. The fourth-order valence-corrected chi connectivity index (χ4v) is 1.96. The van der Waals surface area contributed by atoms with E-state index in [4.69, 9.17) is 9.84 Å². The van der Waals surface area contributed by atoms with Gasteiger partial charge in [-0.05, 0) is 19.4 Å². The SMILES string of the molecule is CCCCCCCN(CCCOC)CCC(=O)O. The number of hydrogen-bond acceptors (Lipinski definition) is 3. The summed E-state index contributed by atoms with van der Waals surface area (Å²) in [6, 6.07) is 0. The molecule has 18 heavy (non-hydrogen) atoms. The van der Waals surface area contributed by atoms with Crippen molar-refractivity contribution < 1.29 is 14.6 Å². The van der Waals surface area contributed by atoms with Gasteiger partial charge in [-0.25, -0.2) is 0 Å². The Hall–Kier alpha value is -0.610. The van der Waals surface area contributed by atoms with Crippen LogP contribution in [0.2, 0.25) is 0 Å². The lowest BCUT2D eigenvalue weighted by Crippen LogP contribution is -2.29. The van der Waals surface area contributed by atoms with E-state index in [0.717, 1.165) is 26.1 Å². The molecule has 0 aromatic rings. The lowest BCUT2D eigenvalue weighted by molar-refractivity contribution is -0.137. The molecule has 0 rings (SSSR count). The van der Waals surface area contributed by atoms with Gasteiger partial charge in [0.25, 0.3) is 0 Å². The van der Waals surface area contributed by atoms with E-state index in [1.165, 1.54) is 32.1 Å². The Bertz CT molecular complexity index is 197. The van der Waals surface area contributed by atoms with E-state index in [0.29, 0.717) is 6.54 Å². The van der Waals surface area contributed by atoms with Crippen LogP contribution in [-0.4, -0.2) is 49.3 Å². The van der Waals surface area contributed by atoms with Gasteiger partial charge in [-0.15, -0.1) is 0 Å². The minimum Gasteiger partial charge on any atom is -0.481 e. The van der Waals surface area contributed by atoms with Crippen molar-refractivity contribution in [3.8, 4) is 0 Å². The summed E-state index contributed by atoms with van der Waals surface area (Å²) in [6.07, 6.45) is 7.50. The summed E-state index contributed by atoms with van der Waals surface area (Å²) in [5, 5.41) is 8.72. The molecule has 0 saturated carbocycles. The lowest BCUT2D eigenvalue weighted by atomic mass is 10.1. The molecule has 0 aliphatic rings. The van der Waals surface area contributed by atoms with Gasteiger partial charge in [0.2, 0.25) is 0 Å². The Balaban J connectivity index is 3.70. The van der Waals surface area contributed by atoms with Crippen LogP contribution >= 0.6 is 0 Å². The first kappa shape index (κ1) is 17.4. The number of carbonyl (C=O) groups is 1. The molecule has 0 bridgehead atoms. The van der Waals surface area contributed by atoms with Crippen molar-refractivity contribution in [2.45, 2.75) is 51.9 Å². The third-order valence-corrected chi connectivity index (χ3v) is 3.04. The minimum atomic E-state index is -0.710. The second-order valence-corrected chi connectivity index (χ2v) is 4.75. The van der Waals surface area contributed by atoms with Crippen molar-refractivity contribution in [3.63, 3.8) is 0 Å². The van der Waals surface area contributed by atoms with Crippen molar-refractivity contribution in [1.29, 1.82) is 0 Å². The number of aliphatic carboxylic acids is 1. The molecule has 0 aromatic carbocycles. The monoisotopic (exact) mass is 259 g/mol. The Morgan fingerprint density at radius 3 is 2.33 bits per heavy atom. The predicted molar refractivity (Wildman–Crippen MR) is 73.9 cm³/mol. The molecule has 0 unspecified atom stereocenters. The average molecular weight is 259 g/mol. The van der Waals surface area contributed by atoms with Crippen LogP contribution in [0.3, 0.4) is 0 Å². The smallest absolute Gasteiger partial charge is 0.304 e. The molecular weight excluding hydrogens is 230 g/mol. The summed E-state index contributed by atoms with van der Waals surface area (Å²) >= 11 is 0. The normalized spacial score (nSPS) is 11.1. The second-order valence-electron chi connectivity index (χ2n) is 4.75. The lowest BCUT2D eigenvalue weighted by Gasteiger charge is -2.21. The molecule has 4 heteroatoms. The van der Waals surface area contributed by atoms with E-state index in [-0.39, 0.29) is 6.42 Å². The molecule has 0 fully saturated rings. The molecule has 108 valence electrons. The number of nitrogens with zero attached hydrogens (tertiary/aromatic N) is 1. The first-order valence-electron chi connectivity index (χ1n) is 7.13. The van der Waals surface area contributed by atoms with Gasteiger partial charge in [0.05, 0.1) is 6.42 Å². The van der Waals surface area contributed by atoms with Gasteiger partial charge in [0.1, 0.15) is 0 Å². The van der Waals surface area contributed by atoms with Crippen LogP contribution in [0.25, 0.3) is 0 Å². The highest BCUT2D eigenvalue weighted by Gasteiger charge is 2.07. The molecular formula is C14H29NO3.